The van der Waals surface area contributed by atoms with Crippen molar-refractivity contribution in [2.75, 3.05) is 26.4 Å². The number of aliphatic hydroxyl groups is 11. The summed E-state index contributed by atoms with van der Waals surface area (Å²) in [6, 6.07) is -0.887. The van der Waals surface area contributed by atoms with Gasteiger partial charge in [-0.1, -0.05) is 403 Å². The van der Waals surface area contributed by atoms with Gasteiger partial charge in [0.1, 0.15) is 73.2 Å². The van der Waals surface area contributed by atoms with Crippen LogP contribution in [0, 0.1) is 0 Å². The maximum atomic E-state index is 13.6. The number of carbonyl (C=O) groups is 1. The minimum atomic E-state index is -1.97. The Labute approximate surface area is 688 Å². The van der Waals surface area contributed by atoms with E-state index in [1.165, 1.54) is 308 Å². The number of allylic oxidation sites excluding steroid dienone is 8. The van der Waals surface area contributed by atoms with Crippen molar-refractivity contribution in [2.24, 2.45) is 0 Å². The summed E-state index contributed by atoms with van der Waals surface area (Å²) < 4.78 is 34.6. The summed E-state index contributed by atoms with van der Waals surface area (Å²) in [6.45, 7) is 1.76. The molecular formula is C94H175NO18. The molecule has 3 heterocycles. The SMILES string of the molecule is CC/C=C\C/C=C\C/C=C\C/C=C\CCCCCCCCCCCCCCCCCCCCCCCCCCCCCCC(=O)NC(COC1OC(CO)C(OC2OC(CO)C(OC3OC(CO)C(O)C(O)C3O)C(O)C2O)C(O)C1O)C(O)CCCCCCCCCCCCCCCCCCCCCCCCCCCCC. The van der Waals surface area contributed by atoms with Crippen LogP contribution in [-0.2, 0) is 33.2 Å². The quantitative estimate of drug-likeness (QED) is 0.0199. The molecule has 1 amide bonds. The number of hydrogen-bond donors (Lipinski definition) is 12. The fourth-order valence-corrected chi connectivity index (χ4v) is 16.2. The molecule has 17 unspecified atom stereocenters. The average molecular weight is 1610 g/mol. The molecule has 3 rings (SSSR count). The van der Waals surface area contributed by atoms with Crippen LogP contribution in [0.15, 0.2) is 48.6 Å². The molecule has 19 heteroatoms. The van der Waals surface area contributed by atoms with Gasteiger partial charge in [-0.05, 0) is 51.4 Å². The smallest absolute Gasteiger partial charge is 0.220 e. The molecule has 0 aliphatic carbocycles. The van der Waals surface area contributed by atoms with Gasteiger partial charge in [0.2, 0.25) is 5.91 Å². The number of carbonyl (C=O) groups excluding carboxylic acids is 1. The van der Waals surface area contributed by atoms with E-state index in [1.807, 2.05) is 0 Å². The molecule has 113 heavy (non-hydrogen) atoms. The summed E-state index contributed by atoms with van der Waals surface area (Å²) in [6.07, 6.45) is 69.6. The van der Waals surface area contributed by atoms with Crippen molar-refractivity contribution in [3.8, 4) is 0 Å². The number of nitrogens with one attached hydrogen (secondary N) is 1. The number of amides is 1. The van der Waals surface area contributed by atoms with Crippen molar-refractivity contribution in [3.63, 3.8) is 0 Å². The molecule has 0 aromatic rings. The van der Waals surface area contributed by atoms with Crippen LogP contribution >= 0.6 is 0 Å². The first-order valence-corrected chi connectivity index (χ1v) is 47.4. The standard InChI is InChI=1S/C94H175NO18/c1-3-5-7-9-11-13-15-17-19-21-23-25-27-29-31-32-33-34-35-36-37-38-39-40-41-42-43-44-46-48-50-52-54-56-58-60-62-64-66-68-70-72-82(100)95-77(78(99)71-69-67-65-63-61-59-57-55-53-51-49-47-45-30-28-26-24-22-20-18-16-14-12-10-8-6-4-2)76-108-92-88(106)85(103)90(80(74-97)110-92)113-94-89(107)86(104)91(81(75-98)111-94)112-93-87(105)84(102)83(101)79(73-96)109-93/h5,7,11,13,17,19,23,25,77-81,83-94,96-99,101-107H,3-4,6,8-10,12,14-16,18,20-22,24,26-76H2,1-2H3,(H,95,100)/b7-5-,13-11-,19-17-,25-23-. The molecule has 0 aromatic heterocycles. The molecule has 3 saturated heterocycles. The van der Waals surface area contributed by atoms with E-state index in [4.69, 9.17) is 28.4 Å². The molecule has 12 N–H and O–H groups in total. The van der Waals surface area contributed by atoms with Crippen molar-refractivity contribution < 1.29 is 89.4 Å². The second-order valence-corrected chi connectivity index (χ2v) is 33.8. The Morgan fingerprint density at radius 1 is 0.327 bits per heavy atom. The lowest BCUT2D eigenvalue weighted by Gasteiger charge is -2.48. The maximum Gasteiger partial charge on any atom is 0.220 e. The summed E-state index contributed by atoms with van der Waals surface area (Å²) in [7, 11) is 0. The third kappa shape index (κ3) is 51.9. The van der Waals surface area contributed by atoms with Gasteiger partial charge in [-0.15, -0.1) is 0 Å². The molecule has 19 nitrogen and oxygen atoms in total. The average Bonchev–Trinajstić information content (AvgIpc) is 0.777. The third-order valence-electron chi connectivity index (χ3n) is 23.7. The molecule has 664 valence electrons. The largest absolute Gasteiger partial charge is 0.394 e. The second kappa shape index (κ2) is 73.7. The van der Waals surface area contributed by atoms with Crippen LogP contribution in [0.2, 0.25) is 0 Å². The number of ether oxygens (including phenoxy) is 6. The van der Waals surface area contributed by atoms with E-state index >= 15 is 0 Å². The van der Waals surface area contributed by atoms with E-state index < -0.39 is 124 Å². The van der Waals surface area contributed by atoms with Crippen LogP contribution < -0.4 is 5.32 Å². The Morgan fingerprint density at radius 2 is 0.611 bits per heavy atom. The van der Waals surface area contributed by atoms with Crippen molar-refractivity contribution in [2.45, 2.75) is 516 Å². The molecule has 3 fully saturated rings. The topological polar surface area (TPSA) is 307 Å². The van der Waals surface area contributed by atoms with E-state index in [-0.39, 0.29) is 18.9 Å². The zero-order chi connectivity index (χ0) is 81.7. The van der Waals surface area contributed by atoms with Gasteiger partial charge in [-0.3, -0.25) is 4.79 Å². The van der Waals surface area contributed by atoms with E-state index in [0.29, 0.717) is 12.8 Å². The molecular weight excluding hydrogens is 1430 g/mol. The predicted molar refractivity (Wildman–Crippen MR) is 457 cm³/mol. The van der Waals surface area contributed by atoms with Gasteiger partial charge < -0.3 is 89.9 Å². The van der Waals surface area contributed by atoms with Gasteiger partial charge in [0, 0.05) is 6.42 Å². The Hall–Kier alpha value is -2.25. The van der Waals surface area contributed by atoms with E-state index in [2.05, 4.69) is 67.8 Å². The maximum absolute atomic E-state index is 13.6. The van der Waals surface area contributed by atoms with E-state index in [9.17, 15) is 61.0 Å². The van der Waals surface area contributed by atoms with Crippen LogP contribution in [0.4, 0.5) is 0 Å². The highest BCUT2D eigenvalue weighted by atomic mass is 16.8. The van der Waals surface area contributed by atoms with E-state index in [0.717, 1.165) is 70.6 Å². The van der Waals surface area contributed by atoms with Crippen LogP contribution in [0.5, 0.6) is 0 Å². The van der Waals surface area contributed by atoms with Crippen molar-refractivity contribution in [1.82, 2.24) is 5.32 Å². The summed E-state index contributed by atoms with van der Waals surface area (Å²) in [5, 5.41) is 121. The lowest BCUT2D eigenvalue weighted by atomic mass is 9.96. The van der Waals surface area contributed by atoms with Crippen molar-refractivity contribution >= 4 is 5.91 Å². The van der Waals surface area contributed by atoms with Gasteiger partial charge in [0.15, 0.2) is 18.9 Å². The van der Waals surface area contributed by atoms with Crippen molar-refractivity contribution in [3.05, 3.63) is 48.6 Å². The first-order valence-electron chi connectivity index (χ1n) is 47.4. The number of unbranched alkanes of at least 4 members (excludes halogenated alkanes) is 54. The summed E-state index contributed by atoms with van der Waals surface area (Å²) in [4.78, 5) is 13.6. The fraction of sp³-hybridized carbons (Fsp3) is 0.904. The summed E-state index contributed by atoms with van der Waals surface area (Å²) in [5.41, 5.74) is 0. The Morgan fingerprint density at radius 3 is 0.956 bits per heavy atom. The predicted octanol–water partition coefficient (Wildman–Crippen LogP) is 18.7. The highest BCUT2D eigenvalue weighted by molar-refractivity contribution is 5.76. The normalized spacial score (nSPS) is 25.0. The number of hydrogen-bond acceptors (Lipinski definition) is 18. The van der Waals surface area contributed by atoms with Crippen LogP contribution in [0.3, 0.4) is 0 Å². The Balaban J connectivity index is 1.28. The van der Waals surface area contributed by atoms with E-state index in [1.54, 1.807) is 0 Å². The van der Waals surface area contributed by atoms with Gasteiger partial charge >= 0.3 is 0 Å². The molecule has 3 aliphatic rings. The molecule has 3 aliphatic heterocycles. The molecule has 0 saturated carbocycles. The molecule has 0 radical (unpaired) electrons. The van der Waals surface area contributed by atoms with Gasteiger partial charge in [-0.2, -0.15) is 0 Å². The number of aliphatic hydroxyl groups excluding tert-OH is 11. The monoisotopic (exact) mass is 1610 g/mol. The number of rotatable bonds is 78. The first-order chi connectivity index (χ1) is 55.3. The zero-order valence-corrected chi connectivity index (χ0v) is 71.9. The fourth-order valence-electron chi connectivity index (χ4n) is 16.2. The Bertz CT molecular complexity index is 2220. The third-order valence-corrected chi connectivity index (χ3v) is 23.7. The minimum absolute atomic E-state index is 0.233. The lowest BCUT2D eigenvalue weighted by molar-refractivity contribution is -0.379. The highest BCUT2D eigenvalue weighted by Gasteiger charge is 2.54. The van der Waals surface area contributed by atoms with Gasteiger partial charge in [-0.25, -0.2) is 0 Å². The van der Waals surface area contributed by atoms with Crippen LogP contribution in [0.25, 0.3) is 0 Å². The molecule has 0 bridgehead atoms. The van der Waals surface area contributed by atoms with Gasteiger partial charge in [0.25, 0.3) is 0 Å². The molecule has 17 atom stereocenters. The second-order valence-electron chi connectivity index (χ2n) is 33.8. The zero-order valence-electron chi connectivity index (χ0n) is 71.9. The van der Waals surface area contributed by atoms with Crippen LogP contribution in [0.1, 0.15) is 412 Å². The molecule has 0 aromatic carbocycles. The van der Waals surface area contributed by atoms with Crippen molar-refractivity contribution in [1.29, 1.82) is 0 Å². The summed E-state index contributed by atoms with van der Waals surface area (Å²) >= 11 is 0. The highest BCUT2D eigenvalue weighted by Crippen LogP contribution is 2.34. The minimum Gasteiger partial charge on any atom is -0.394 e. The summed E-state index contributed by atoms with van der Waals surface area (Å²) in [5.74, 6) is -0.233. The lowest BCUT2D eigenvalue weighted by Crippen LogP contribution is -2.66. The molecule has 0 spiro atoms. The first kappa shape index (κ1) is 105. The van der Waals surface area contributed by atoms with Crippen LogP contribution in [-0.4, -0.2) is 193 Å². The van der Waals surface area contributed by atoms with Gasteiger partial charge in [0.05, 0.1) is 38.6 Å². The Kier molecular flexibility index (Phi) is 68.4.